The van der Waals surface area contributed by atoms with Crippen molar-refractivity contribution in [2.45, 2.75) is 76.7 Å². The second kappa shape index (κ2) is 5.76. The van der Waals surface area contributed by atoms with Crippen molar-refractivity contribution in [3.63, 3.8) is 0 Å². The highest BCUT2D eigenvalue weighted by atomic mass is 16.2. The predicted octanol–water partition coefficient (Wildman–Crippen LogP) is 3.64. The molecule has 0 bridgehead atoms. The minimum atomic E-state index is -0.683. The molecule has 3 nitrogen and oxygen atoms in total. The number of rotatable bonds is 1. The summed E-state index contributed by atoms with van der Waals surface area (Å²) < 4.78 is 0. The quantitative estimate of drug-likeness (QED) is 0.732. The van der Waals surface area contributed by atoms with Gasteiger partial charge in [0.25, 0.3) is 0 Å². The van der Waals surface area contributed by atoms with Gasteiger partial charge < -0.3 is 4.90 Å². The second-order valence-corrected chi connectivity index (χ2v) is 7.01. The third kappa shape index (κ3) is 2.34. The second-order valence-electron chi connectivity index (χ2n) is 7.01. The van der Waals surface area contributed by atoms with E-state index >= 15 is 0 Å². The normalized spacial score (nSPS) is 33.0. The number of fused-ring (bicyclic) bond motifs is 1. The molecule has 2 unspecified atom stereocenters. The first-order chi connectivity index (χ1) is 9.77. The Morgan fingerprint density at radius 3 is 2.45 bits per heavy atom. The summed E-state index contributed by atoms with van der Waals surface area (Å²) in [7, 11) is 0. The van der Waals surface area contributed by atoms with Crippen molar-refractivity contribution in [2.24, 2.45) is 11.3 Å². The number of carbonyl (C=O) groups excluding carboxylic acids is 1. The van der Waals surface area contributed by atoms with Gasteiger partial charge in [-0.15, -0.1) is 0 Å². The molecule has 110 valence electrons. The molecule has 0 aromatic rings. The summed E-state index contributed by atoms with van der Waals surface area (Å²) in [6, 6.07) is 2.86. The van der Waals surface area contributed by atoms with Crippen LogP contribution in [-0.2, 0) is 4.79 Å². The van der Waals surface area contributed by atoms with Crippen LogP contribution in [-0.4, -0.2) is 23.4 Å². The summed E-state index contributed by atoms with van der Waals surface area (Å²) in [5.41, 5.74) is -0.683. The minimum absolute atomic E-state index is 0.177. The van der Waals surface area contributed by atoms with Gasteiger partial charge in [-0.2, -0.15) is 5.26 Å². The number of piperidine rings is 1. The van der Waals surface area contributed by atoms with Crippen molar-refractivity contribution in [2.75, 3.05) is 6.54 Å². The van der Waals surface area contributed by atoms with Crippen LogP contribution in [0.2, 0.25) is 0 Å². The molecule has 0 N–H and O–H groups in total. The molecule has 1 saturated heterocycles. The number of hydrogen-bond donors (Lipinski definition) is 0. The Bertz CT molecular complexity index is 404. The smallest absolute Gasteiger partial charge is 0.243 e. The molecule has 1 heterocycles. The highest BCUT2D eigenvalue weighted by molar-refractivity contribution is 5.86. The number of nitrogens with zero attached hydrogens (tertiary/aromatic N) is 2. The summed E-state index contributed by atoms with van der Waals surface area (Å²) in [6.45, 7) is 0.892. The van der Waals surface area contributed by atoms with Gasteiger partial charge in [0.1, 0.15) is 5.41 Å². The Hall–Kier alpha value is -1.04. The van der Waals surface area contributed by atoms with Gasteiger partial charge in [0.2, 0.25) is 5.91 Å². The van der Waals surface area contributed by atoms with Crippen molar-refractivity contribution < 1.29 is 4.79 Å². The zero-order valence-corrected chi connectivity index (χ0v) is 12.4. The molecule has 3 rings (SSSR count). The molecular formula is C17H26N2O. The highest BCUT2D eigenvalue weighted by Crippen LogP contribution is 2.42. The van der Waals surface area contributed by atoms with Crippen molar-refractivity contribution in [3.05, 3.63) is 0 Å². The molecular weight excluding hydrogens is 248 g/mol. The Kier molecular flexibility index (Phi) is 4.01. The van der Waals surface area contributed by atoms with E-state index in [1.165, 1.54) is 32.1 Å². The molecule has 0 radical (unpaired) electrons. The standard InChI is InChI=1S/C17H26N2O/c18-13-17(10-4-1-5-11-17)16(20)19-12-6-8-14-7-2-3-9-15(14)19/h14-15H,1-12H2. The van der Waals surface area contributed by atoms with Gasteiger partial charge in [-0.05, 0) is 44.4 Å². The van der Waals surface area contributed by atoms with Gasteiger partial charge >= 0.3 is 0 Å². The van der Waals surface area contributed by atoms with E-state index in [9.17, 15) is 10.1 Å². The largest absolute Gasteiger partial charge is 0.338 e. The molecule has 3 aliphatic rings. The zero-order valence-electron chi connectivity index (χ0n) is 12.4. The van der Waals surface area contributed by atoms with Crippen LogP contribution >= 0.6 is 0 Å². The van der Waals surface area contributed by atoms with E-state index in [-0.39, 0.29) is 5.91 Å². The van der Waals surface area contributed by atoms with E-state index < -0.39 is 5.41 Å². The maximum atomic E-state index is 13.1. The van der Waals surface area contributed by atoms with Crippen LogP contribution in [0.15, 0.2) is 0 Å². The lowest BCUT2D eigenvalue weighted by molar-refractivity contribution is -0.147. The van der Waals surface area contributed by atoms with Crippen LogP contribution in [0.1, 0.15) is 70.6 Å². The van der Waals surface area contributed by atoms with Crippen LogP contribution in [0.3, 0.4) is 0 Å². The van der Waals surface area contributed by atoms with E-state index in [2.05, 4.69) is 11.0 Å². The Morgan fingerprint density at radius 2 is 1.70 bits per heavy atom. The van der Waals surface area contributed by atoms with E-state index in [1.54, 1.807) is 0 Å². The number of hydrogen-bond acceptors (Lipinski definition) is 2. The average molecular weight is 274 g/mol. The fraction of sp³-hybridized carbons (Fsp3) is 0.882. The topological polar surface area (TPSA) is 44.1 Å². The van der Waals surface area contributed by atoms with E-state index in [4.69, 9.17) is 0 Å². The number of nitriles is 1. The molecule has 2 atom stereocenters. The van der Waals surface area contributed by atoms with Crippen LogP contribution < -0.4 is 0 Å². The monoisotopic (exact) mass is 274 g/mol. The summed E-state index contributed by atoms with van der Waals surface area (Å²) >= 11 is 0. The van der Waals surface area contributed by atoms with Gasteiger partial charge in [-0.25, -0.2) is 0 Å². The summed E-state index contributed by atoms with van der Waals surface area (Å²) in [5.74, 6) is 0.886. The van der Waals surface area contributed by atoms with Gasteiger partial charge in [-0.1, -0.05) is 32.1 Å². The summed E-state index contributed by atoms with van der Waals surface area (Å²) in [6.07, 6.45) is 12.3. The molecule has 3 heteroatoms. The van der Waals surface area contributed by atoms with Crippen molar-refractivity contribution in [1.29, 1.82) is 5.26 Å². The SMILES string of the molecule is N#CC1(C(=O)N2CCCC3CCCCC32)CCCCC1. The number of amides is 1. The summed E-state index contributed by atoms with van der Waals surface area (Å²) in [5, 5.41) is 9.64. The third-order valence-corrected chi connectivity index (χ3v) is 5.83. The maximum absolute atomic E-state index is 13.1. The van der Waals surface area contributed by atoms with Gasteiger partial charge in [0.15, 0.2) is 0 Å². The van der Waals surface area contributed by atoms with Crippen LogP contribution in [0.5, 0.6) is 0 Å². The van der Waals surface area contributed by atoms with Crippen molar-refractivity contribution >= 4 is 5.91 Å². The first kappa shape index (κ1) is 13.9. The molecule has 0 aromatic carbocycles. The molecule has 1 amide bonds. The van der Waals surface area contributed by atoms with Crippen LogP contribution in [0, 0.1) is 22.7 Å². The molecule has 0 spiro atoms. The lowest BCUT2D eigenvalue weighted by Gasteiger charge is -2.47. The predicted molar refractivity (Wildman–Crippen MR) is 77.8 cm³/mol. The van der Waals surface area contributed by atoms with E-state index in [0.717, 1.165) is 45.1 Å². The Balaban J connectivity index is 1.79. The van der Waals surface area contributed by atoms with Gasteiger partial charge in [0.05, 0.1) is 6.07 Å². The highest BCUT2D eigenvalue weighted by Gasteiger charge is 2.46. The fourth-order valence-electron chi connectivity index (χ4n) is 4.68. The Morgan fingerprint density at radius 1 is 1.00 bits per heavy atom. The fourth-order valence-corrected chi connectivity index (χ4v) is 4.68. The van der Waals surface area contributed by atoms with E-state index in [1.807, 2.05) is 0 Å². The zero-order chi connectivity index (χ0) is 14.0. The molecule has 2 aliphatic carbocycles. The Labute approximate surface area is 122 Å². The van der Waals surface area contributed by atoms with Crippen molar-refractivity contribution in [3.8, 4) is 6.07 Å². The first-order valence-corrected chi connectivity index (χ1v) is 8.49. The lowest BCUT2D eigenvalue weighted by Crippen LogP contribution is -2.54. The average Bonchev–Trinajstić information content (AvgIpc) is 2.54. The van der Waals surface area contributed by atoms with Crippen LogP contribution in [0.4, 0.5) is 0 Å². The van der Waals surface area contributed by atoms with Gasteiger partial charge in [0, 0.05) is 12.6 Å². The minimum Gasteiger partial charge on any atom is -0.338 e. The molecule has 2 saturated carbocycles. The molecule has 1 aliphatic heterocycles. The third-order valence-electron chi connectivity index (χ3n) is 5.83. The van der Waals surface area contributed by atoms with Gasteiger partial charge in [-0.3, -0.25) is 4.79 Å². The molecule has 3 fully saturated rings. The molecule has 0 aromatic heterocycles. The van der Waals surface area contributed by atoms with Crippen molar-refractivity contribution in [1.82, 2.24) is 4.90 Å². The number of likely N-dealkylation sites (tertiary alicyclic amines) is 1. The van der Waals surface area contributed by atoms with E-state index in [0.29, 0.717) is 12.0 Å². The summed E-state index contributed by atoms with van der Waals surface area (Å²) in [4.78, 5) is 15.2. The number of carbonyl (C=O) groups is 1. The molecule has 20 heavy (non-hydrogen) atoms. The first-order valence-electron chi connectivity index (χ1n) is 8.49. The lowest BCUT2D eigenvalue weighted by atomic mass is 9.72. The maximum Gasteiger partial charge on any atom is 0.243 e. The van der Waals surface area contributed by atoms with Crippen LogP contribution in [0.25, 0.3) is 0 Å².